The predicted octanol–water partition coefficient (Wildman–Crippen LogP) is 3.60. The number of hydrogen-bond donors (Lipinski definition) is 2. The third-order valence-electron chi connectivity index (χ3n) is 3.99. The number of aliphatic carboxylic acids is 1. The van der Waals surface area contributed by atoms with Crippen LogP contribution in [0.5, 0.6) is 0 Å². The van der Waals surface area contributed by atoms with E-state index >= 15 is 0 Å². The van der Waals surface area contributed by atoms with Crippen LogP contribution in [-0.4, -0.2) is 27.0 Å². The van der Waals surface area contributed by atoms with E-state index in [4.69, 9.17) is 0 Å². The fourth-order valence-corrected chi connectivity index (χ4v) is 3.42. The minimum Gasteiger partial charge on any atom is -0.481 e. The van der Waals surface area contributed by atoms with E-state index < -0.39 is 23.7 Å². The van der Waals surface area contributed by atoms with Gasteiger partial charge in [0.05, 0.1) is 24.4 Å². The maximum Gasteiger partial charge on any atom is 0.305 e. The Morgan fingerprint density at radius 3 is 2.78 bits per heavy atom. The second-order valence-electron chi connectivity index (χ2n) is 5.87. The van der Waals surface area contributed by atoms with E-state index in [1.165, 1.54) is 12.3 Å². The molecule has 138 valence electrons. The Balaban J connectivity index is 1.83. The molecule has 1 aromatic carbocycles. The summed E-state index contributed by atoms with van der Waals surface area (Å²) >= 11 is 1.06. The van der Waals surface area contributed by atoms with Gasteiger partial charge in [-0.1, -0.05) is 24.3 Å². The Hall–Kier alpha value is -3.13. The molecule has 8 heteroatoms. The first-order chi connectivity index (χ1) is 13.0. The van der Waals surface area contributed by atoms with Crippen molar-refractivity contribution in [3.63, 3.8) is 0 Å². The van der Waals surface area contributed by atoms with E-state index in [-0.39, 0.29) is 17.0 Å². The molecule has 3 rings (SSSR count). The molecule has 27 heavy (non-hydrogen) atoms. The van der Waals surface area contributed by atoms with Crippen molar-refractivity contribution >= 4 is 23.2 Å². The van der Waals surface area contributed by atoms with Crippen LogP contribution in [0.2, 0.25) is 0 Å². The first-order valence-corrected chi connectivity index (χ1v) is 8.97. The summed E-state index contributed by atoms with van der Waals surface area (Å²) in [4.78, 5) is 31.7. The van der Waals surface area contributed by atoms with E-state index in [1.54, 1.807) is 17.5 Å². The molecule has 0 radical (unpaired) electrons. The highest BCUT2D eigenvalue weighted by Crippen LogP contribution is 2.25. The van der Waals surface area contributed by atoms with Gasteiger partial charge in [-0.05, 0) is 24.1 Å². The van der Waals surface area contributed by atoms with Gasteiger partial charge in [-0.3, -0.25) is 14.6 Å². The lowest BCUT2D eigenvalue weighted by molar-refractivity contribution is -0.137. The van der Waals surface area contributed by atoms with Gasteiger partial charge < -0.3 is 10.4 Å². The third kappa shape index (κ3) is 4.35. The summed E-state index contributed by atoms with van der Waals surface area (Å²) in [6.07, 6.45) is 2.27. The van der Waals surface area contributed by atoms with Crippen molar-refractivity contribution in [3.05, 3.63) is 70.1 Å². The molecule has 0 aliphatic carbocycles. The number of halogens is 1. The standard InChI is InChI=1S/C19H16FN3O3S/c1-11-4-2-3-5-12(11)15(8-17(24)25)22-18(26)19-23-16(10-27-19)13-6-7-21-9-14(13)20/h2-7,9-10,15H,8H2,1H3,(H,22,26)(H,24,25). The monoisotopic (exact) mass is 385 g/mol. The molecule has 0 bridgehead atoms. The summed E-state index contributed by atoms with van der Waals surface area (Å²) in [6, 6.07) is 8.05. The lowest BCUT2D eigenvalue weighted by Gasteiger charge is -2.18. The Morgan fingerprint density at radius 2 is 2.07 bits per heavy atom. The van der Waals surface area contributed by atoms with Gasteiger partial charge in [0.2, 0.25) is 0 Å². The number of amides is 1. The number of pyridine rings is 1. The van der Waals surface area contributed by atoms with E-state index in [0.29, 0.717) is 5.69 Å². The molecule has 2 N–H and O–H groups in total. The molecule has 0 aliphatic heterocycles. The van der Waals surface area contributed by atoms with E-state index in [9.17, 15) is 19.1 Å². The first kappa shape index (κ1) is 18.7. The van der Waals surface area contributed by atoms with Crippen molar-refractivity contribution in [2.45, 2.75) is 19.4 Å². The Morgan fingerprint density at radius 1 is 1.30 bits per heavy atom. The number of nitrogens with zero attached hydrogens (tertiary/aromatic N) is 2. The Bertz CT molecular complexity index is 990. The van der Waals surface area contributed by atoms with Crippen LogP contribution in [0.25, 0.3) is 11.3 Å². The second kappa shape index (κ2) is 8.05. The number of carbonyl (C=O) groups is 2. The quantitative estimate of drug-likeness (QED) is 0.676. The van der Waals surface area contributed by atoms with Crippen molar-refractivity contribution in [1.82, 2.24) is 15.3 Å². The first-order valence-electron chi connectivity index (χ1n) is 8.09. The summed E-state index contributed by atoms with van der Waals surface area (Å²) < 4.78 is 13.8. The zero-order valence-electron chi connectivity index (χ0n) is 14.3. The summed E-state index contributed by atoms with van der Waals surface area (Å²) in [7, 11) is 0. The van der Waals surface area contributed by atoms with Crippen molar-refractivity contribution in [2.24, 2.45) is 0 Å². The summed E-state index contributed by atoms with van der Waals surface area (Å²) in [5.41, 5.74) is 2.19. The van der Waals surface area contributed by atoms with Crippen LogP contribution < -0.4 is 5.32 Å². The molecule has 0 saturated heterocycles. The molecule has 1 unspecified atom stereocenters. The maximum atomic E-state index is 13.8. The van der Waals surface area contributed by atoms with Crippen molar-refractivity contribution < 1.29 is 19.1 Å². The van der Waals surface area contributed by atoms with E-state index in [2.05, 4.69) is 15.3 Å². The highest BCUT2D eigenvalue weighted by Gasteiger charge is 2.22. The summed E-state index contributed by atoms with van der Waals surface area (Å²) in [6.45, 7) is 1.85. The number of carbonyl (C=O) groups excluding carboxylic acids is 1. The molecule has 3 aromatic rings. The molecule has 2 aromatic heterocycles. The van der Waals surface area contributed by atoms with Gasteiger partial charge in [-0.15, -0.1) is 11.3 Å². The number of aryl methyl sites for hydroxylation is 1. The number of benzene rings is 1. The van der Waals surface area contributed by atoms with Crippen molar-refractivity contribution in [3.8, 4) is 11.3 Å². The van der Waals surface area contributed by atoms with Crippen LogP contribution in [0.15, 0.2) is 48.1 Å². The summed E-state index contributed by atoms with van der Waals surface area (Å²) in [5.74, 6) is -2.06. The largest absolute Gasteiger partial charge is 0.481 e. The van der Waals surface area contributed by atoms with Crippen LogP contribution in [0.3, 0.4) is 0 Å². The zero-order chi connectivity index (χ0) is 19.4. The smallest absolute Gasteiger partial charge is 0.305 e. The molecule has 1 amide bonds. The number of hydrogen-bond acceptors (Lipinski definition) is 5. The molecule has 0 aliphatic rings. The molecule has 6 nitrogen and oxygen atoms in total. The summed E-state index contributed by atoms with van der Waals surface area (Å²) in [5, 5.41) is 13.6. The molecule has 2 heterocycles. The molecule has 0 saturated carbocycles. The number of aromatic nitrogens is 2. The van der Waals surface area contributed by atoms with Gasteiger partial charge in [0, 0.05) is 17.1 Å². The normalized spacial score (nSPS) is 11.8. The third-order valence-corrected chi connectivity index (χ3v) is 4.84. The number of nitrogens with one attached hydrogen (secondary N) is 1. The van der Waals surface area contributed by atoms with Crippen LogP contribution >= 0.6 is 11.3 Å². The van der Waals surface area contributed by atoms with Crippen LogP contribution in [0, 0.1) is 12.7 Å². The van der Waals surface area contributed by atoms with Gasteiger partial charge in [0.25, 0.3) is 5.91 Å². The highest BCUT2D eigenvalue weighted by molar-refractivity contribution is 7.12. The fourth-order valence-electron chi connectivity index (χ4n) is 2.70. The molecule has 0 spiro atoms. The number of rotatable bonds is 6. The van der Waals surface area contributed by atoms with Crippen LogP contribution in [-0.2, 0) is 4.79 Å². The van der Waals surface area contributed by atoms with Gasteiger partial charge in [-0.2, -0.15) is 0 Å². The van der Waals surface area contributed by atoms with Crippen molar-refractivity contribution in [1.29, 1.82) is 0 Å². The predicted molar refractivity (Wildman–Crippen MR) is 98.9 cm³/mol. The maximum absolute atomic E-state index is 13.8. The second-order valence-corrected chi connectivity index (χ2v) is 6.73. The van der Waals surface area contributed by atoms with E-state index in [0.717, 1.165) is 28.7 Å². The van der Waals surface area contributed by atoms with Gasteiger partial charge in [-0.25, -0.2) is 9.37 Å². The topological polar surface area (TPSA) is 92.2 Å². The van der Waals surface area contributed by atoms with Gasteiger partial charge in [0.15, 0.2) is 10.8 Å². The zero-order valence-corrected chi connectivity index (χ0v) is 15.2. The minimum absolute atomic E-state index is 0.130. The molecular formula is C19H16FN3O3S. The average molecular weight is 385 g/mol. The highest BCUT2D eigenvalue weighted by atomic mass is 32.1. The minimum atomic E-state index is -1.03. The van der Waals surface area contributed by atoms with Crippen LogP contribution in [0.4, 0.5) is 4.39 Å². The Kier molecular flexibility index (Phi) is 5.56. The SMILES string of the molecule is Cc1ccccc1C(CC(=O)O)NC(=O)c1nc(-c2ccncc2F)cs1. The average Bonchev–Trinajstić information content (AvgIpc) is 3.11. The Labute approximate surface area is 158 Å². The number of thiazole rings is 1. The number of carboxylic acids is 1. The van der Waals surface area contributed by atoms with Crippen LogP contribution in [0.1, 0.15) is 33.4 Å². The lowest BCUT2D eigenvalue weighted by atomic mass is 9.99. The molecule has 0 fully saturated rings. The molecule has 1 atom stereocenters. The molecular weight excluding hydrogens is 369 g/mol. The van der Waals surface area contributed by atoms with Gasteiger partial charge >= 0.3 is 5.97 Å². The van der Waals surface area contributed by atoms with E-state index in [1.807, 2.05) is 19.1 Å². The van der Waals surface area contributed by atoms with Gasteiger partial charge in [0.1, 0.15) is 0 Å². The fraction of sp³-hybridized carbons (Fsp3) is 0.158. The lowest BCUT2D eigenvalue weighted by Crippen LogP contribution is -2.30. The van der Waals surface area contributed by atoms with Crippen molar-refractivity contribution in [2.75, 3.05) is 0 Å². The number of carboxylic acid groups (broad SMARTS) is 1.